The Labute approximate surface area is 101 Å². The third kappa shape index (κ3) is 3.38. The normalized spacial score (nSPS) is 13.7. The second kappa shape index (κ2) is 5.42. The summed E-state index contributed by atoms with van der Waals surface area (Å²) in [6.07, 6.45) is 1.12. The number of rotatable bonds is 4. The fourth-order valence-corrected chi connectivity index (χ4v) is 1.59. The molecule has 0 aliphatic rings. The third-order valence-electron chi connectivity index (χ3n) is 2.43. The van der Waals surface area contributed by atoms with Gasteiger partial charge in [-0.15, -0.1) is 0 Å². The van der Waals surface area contributed by atoms with Crippen LogP contribution in [0.25, 0.3) is 0 Å². The van der Waals surface area contributed by atoms with E-state index in [1.54, 1.807) is 0 Å². The van der Waals surface area contributed by atoms with Crippen LogP contribution in [0.1, 0.15) is 45.2 Å². The van der Waals surface area contributed by atoms with Crippen LogP contribution >= 0.6 is 0 Å². The number of nitrogens with one attached hydrogen (secondary N) is 1. The van der Waals surface area contributed by atoms with Gasteiger partial charge in [-0.3, -0.25) is 4.79 Å². The number of aromatic amines is 1. The second-order valence-electron chi connectivity index (χ2n) is 4.98. The summed E-state index contributed by atoms with van der Waals surface area (Å²) in [7, 11) is 0. The van der Waals surface area contributed by atoms with E-state index in [1.165, 1.54) is 6.20 Å². The van der Waals surface area contributed by atoms with Crippen molar-refractivity contribution >= 4 is 0 Å². The molecule has 2 N–H and O–H groups in total. The Kier molecular flexibility index (Phi) is 4.42. The Hall–Kier alpha value is -1.20. The van der Waals surface area contributed by atoms with Gasteiger partial charge in [0, 0.05) is 12.8 Å². The summed E-state index contributed by atoms with van der Waals surface area (Å²) in [6, 6.07) is 0. The molecule has 0 spiro atoms. The molecule has 17 heavy (non-hydrogen) atoms. The van der Waals surface area contributed by atoms with Crippen molar-refractivity contribution < 1.29 is 9.84 Å². The first kappa shape index (κ1) is 13.9. The summed E-state index contributed by atoms with van der Waals surface area (Å²) in [6.45, 7) is 8.21. The van der Waals surface area contributed by atoms with Gasteiger partial charge >= 0.3 is 0 Å². The highest BCUT2D eigenvalue weighted by molar-refractivity contribution is 5.07. The summed E-state index contributed by atoms with van der Waals surface area (Å²) >= 11 is 0. The molecule has 0 amide bonds. The van der Waals surface area contributed by atoms with Gasteiger partial charge in [-0.05, 0) is 12.3 Å². The molecule has 5 heteroatoms. The monoisotopic (exact) mass is 240 g/mol. The lowest BCUT2D eigenvalue weighted by Gasteiger charge is -2.29. The molecule has 1 unspecified atom stereocenters. The lowest BCUT2D eigenvalue weighted by atomic mass is 9.88. The van der Waals surface area contributed by atoms with Crippen LogP contribution < -0.4 is 5.56 Å². The van der Waals surface area contributed by atoms with E-state index in [0.717, 1.165) is 0 Å². The van der Waals surface area contributed by atoms with Crippen LogP contribution in [-0.4, -0.2) is 21.7 Å². The Morgan fingerprint density at radius 1 is 1.53 bits per heavy atom. The summed E-state index contributed by atoms with van der Waals surface area (Å²) < 4.78 is 5.63. The average molecular weight is 240 g/mol. The number of hydrogen-bond donors (Lipinski definition) is 2. The number of nitrogens with zero attached hydrogens (tertiary/aromatic N) is 1. The van der Waals surface area contributed by atoms with Crippen LogP contribution in [0.5, 0.6) is 0 Å². The van der Waals surface area contributed by atoms with E-state index in [2.05, 4.69) is 9.97 Å². The zero-order valence-corrected chi connectivity index (χ0v) is 10.8. The highest BCUT2D eigenvalue weighted by atomic mass is 16.5. The van der Waals surface area contributed by atoms with Gasteiger partial charge in [0.15, 0.2) is 0 Å². The highest BCUT2D eigenvalue weighted by Gasteiger charge is 2.29. The molecule has 1 aromatic rings. The van der Waals surface area contributed by atoms with E-state index in [1.807, 2.05) is 27.7 Å². The van der Waals surface area contributed by atoms with Gasteiger partial charge in [-0.2, -0.15) is 0 Å². The van der Waals surface area contributed by atoms with Gasteiger partial charge in [0.25, 0.3) is 5.56 Å². The number of aliphatic hydroxyl groups is 1. The minimum Gasteiger partial charge on any atom is -0.391 e. The molecule has 0 radical (unpaired) electrons. The molecule has 0 aromatic carbocycles. The zero-order valence-electron chi connectivity index (χ0n) is 10.8. The zero-order chi connectivity index (χ0) is 13.1. The lowest BCUT2D eigenvalue weighted by molar-refractivity contribution is -0.0193. The minimum absolute atomic E-state index is 0.160. The van der Waals surface area contributed by atoms with E-state index in [4.69, 9.17) is 9.84 Å². The van der Waals surface area contributed by atoms with E-state index in [0.29, 0.717) is 12.4 Å². The molecule has 0 fully saturated rings. The molecular formula is C12H20N2O3. The Morgan fingerprint density at radius 3 is 2.59 bits per heavy atom. The molecule has 1 atom stereocenters. The molecular weight excluding hydrogens is 220 g/mol. The number of ether oxygens (including phenoxy) is 1. The first-order valence-electron chi connectivity index (χ1n) is 5.70. The largest absolute Gasteiger partial charge is 0.391 e. The first-order valence-corrected chi connectivity index (χ1v) is 5.70. The molecule has 96 valence electrons. The van der Waals surface area contributed by atoms with Crippen LogP contribution in [0, 0.1) is 5.41 Å². The fraction of sp³-hybridized carbons (Fsp3) is 0.667. The smallest absolute Gasteiger partial charge is 0.256 e. The SMILES string of the molecule is CCOC(c1ncc(CO)c(=O)[nH]1)C(C)(C)C. The van der Waals surface area contributed by atoms with Gasteiger partial charge in [0.1, 0.15) is 11.9 Å². The third-order valence-corrected chi connectivity index (χ3v) is 2.43. The Morgan fingerprint density at radius 2 is 2.18 bits per heavy atom. The molecule has 0 bridgehead atoms. The quantitative estimate of drug-likeness (QED) is 0.833. The van der Waals surface area contributed by atoms with Crippen molar-refractivity contribution in [2.45, 2.75) is 40.4 Å². The number of aliphatic hydroxyl groups excluding tert-OH is 1. The van der Waals surface area contributed by atoms with Crippen LogP contribution in [0.15, 0.2) is 11.0 Å². The molecule has 0 aliphatic heterocycles. The summed E-state index contributed by atoms with van der Waals surface area (Å²) in [4.78, 5) is 18.4. The van der Waals surface area contributed by atoms with Gasteiger partial charge in [-0.25, -0.2) is 4.98 Å². The molecule has 1 heterocycles. The maximum absolute atomic E-state index is 11.6. The average Bonchev–Trinajstić information content (AvgIpc) is 2.24. The summed E-state index contributed by atoms with van der Waals surface area (Å²) in [5.74, 6) is 0.501. The lowest BCUT2D eigenvalue weighted by Crippen LogP contribution is -2.27. The molecule has 0 aliphatic carbocycles. The molecule has 1 rings (SSSR count). The number of H-pyrrole nitrogens is 1. The van der Waals surface area contributed by atoms with E-state index < -0.39 is 0 Å². The summed E-state index contributed by atoms with van der Waals surface area (Å²) in [5.41, 5.74) is -0.212. The number of aromatic nitrogens is 2. The predicted octanol–water partition coefficient (Wildman–Crippen LogP) is 1.39. The van der Waals surface area contributed by atoms with Crippen LogP contribution in [0.2, 0.25) is 0 Å². The van der Waals surface area contributed by atoms with Crippen LogP contribution in [-0.2, 0) is 11.3 Å². The minimum atomic E-state index is -0.313. The highest BCUT2D eigenvalue weighted by Crippen LogP contribution is 2.33. The van der Waals surface area contributed by atoms with E-state index in [-0.39, 0.29) is 29.2 Å². The Balaban J connectivity index is 3.12. The second-order valence-corrected chi connectivity index (χ2v) is 4.98. The molecule has 5 nitrogen and oxygen atoms in total. The Bertz CT molecular complexity index is 420. The topological polar surface area (TPSA) is 75.2 Å². The van der Waals surface area contributed by atoms with Crippen molar-refractivity contribution in [2.75, 3.05) is 6.61 Å². The van der Waals surface area contributed by atoms with E-state index in [9.17, 15) is 4.79 Å². The molecule has 0 saturated carbocycles. The predicted molar refractivity (Wildman–Crippen MR) is 64.6 cm³/mol. The van der Waals surface area contributed by atoms with Gasteiger partial charge in [0.05, 0.1) is 12.2 Å². The van der Waals surface area contributed by atoms with Crippen LogP contribution in [0.3, 0.4) is 0 Å². The summed E-state index contributed by atoms with van der Waals surface area (Å²) in [5, 5.41) is 8.92. The maximum Gasteiger partial charge on any atom is 0.256 e. The van der Waals surface area contributed by atoms with Crippen molar-refractivity contribution in [3.63, 3.8) is 0 Å². The van der Waals surface area contributed by atoms with Crippen molar-refractivity contribution in [3.05, 3.63) is 27.9 Å². The van der Waals surface area contributed by atoms with Crippen molar-refractivity contribution in [2.24, 2.45) is 5.41 Å². The van der Waals surface area contributed by atoms with Gasteiger partial charge in [0.2, 0.25) is 0 Å². The van der Waals surface area contributed by atoms with Gasteiger partial charge in [-0.1, -0.05) is 20.8 Å². The molecule has 0 saturated heterocycles. The van der Waals surface area contributed by atoms with Gasteiger partial charge < -0.3 is 14.8 Å². The van der Waals surface area contributed by atoms with Crippen molar-refractivity contribution in [1.82, 2.24) is 9.97 Å². The van der Waals surface area contributed by atoms with Crippen molar-refractivity contribution in [1.29, 1.82) is 0 Å². The number of hydrogen-bond acceptors (Lipinski definition) is 4. The fourth-order valence-electron chi connectivity index (χ4n) is 1.59. The van der Waals surface area contributed by atoms with Crippen LogP contribution in [0.4, 0.5) is 0 Å². The van der Waals surface area contributed by atoms with E-state index >= 15 is 0 Å². The standard InChI is InChI=1S/C12H20N2O3/c1-5-17-9(12(2,3)4)10-13-6-8(7-15)11(16)14-10/h6,9,15H,5,7H2,1-4H3,(H,13,14,16). The maximum atomic E-state index is 11.6. The molecule has 1 aromatic heterocycles. The van der Waals surface area contributed by atoms with Crippen molar-refractivity contribution in [3.8, 4) is 0 Å². The first-order chi connectivity index (χ1) is 7.90.